The van der Waals surface area contributed by atoms with E-state index in [2.05, 4.69) is 6.58 Å². The zero-order valence-electron chi connectivity index (χ0n) is 7.27. The molecule has 0 aliphatic heterocycles. The Bertz CT molecular complexity index is 240. The predicted octanol–water partition coefficient (Wildman–Crippen LogP) is 2.54. The molecule has 0 radical (unpaired) electrons. The van der Waals surface area contributed by atoms with Crippen LogP contribution in [0.1, 0.15) is 18.6 Å². The molecule has 64 valence electrons. The van der Waals surface area contributed by atoms with E-state index in [1.54, 1.807) is 6.08 Å². The summed E-state index contributed by atoms with van der Waals surface area (Å²) < 4.78 is 0. The van der Waals surface area contributed by atoms with Gasteiger partial charge in [-0.2, -0.15) is 0 Å². The van der Waals surface area contributed by atoms with Gasteiger partial charge in [0.15, 0.2) is 0 Å². The lowest BCUT2D eigenvalue weighted by atomic mass is 9.98. The molecule has 2 atom stereocenters. The SMILES string of the molecule is C=C[C@H](C)[C@H](O)c1ccccc1. The first-order chi connectivity index (χ1) is 5.75. The molecule has 12 heavy (non-hydrogen) atoms. The van der Waals surface area contributed by atoms with Crippen LogP contribution in [0.2, 0.25) is 0 Å². The first kappa shape index (κ1) is 9.01. The minimum absolute atomic E-state index is 0.104. The number of hydrogen-bond donors (Lipinski definition) is 1. The highest BCUT2D eigenvalue weighted by Crippen LogP contribution is 2.21. The van der Waals surface area contributed by atoms with E-state index < -0.39 is 6.10 Å². The van der Waals surface area contributed by atoms with Gasteiger partial charge < -0.3 is 5.11 Å². The molecule has 0 aliphatic rings. The van der Waals surface area contributed by atoms with Crippen molar-refractivity contribution in [3.05, 3.63) is 48.6 Å². The molecule has 1 aromatic rings. The van der Waals surface area contributed by atoms with E-state index in [0.717, 1.165) is 5.56 Å². The summed E-state index contributed by atoms with van der Waals surface area (Å²) in [4.78, 5) is 0. The Morgan fingerprint density at radius 1 is 1.33 bits per heavy atom. The number of hydrogen-bond acceptors (Lipinski definition) is 1. The van der Waals surface area contributed by atoms with Crippen molar-refractivity contribution >= 4 is 0 Å². The van der Waals surface area contributed by atoms with Crippen molar-refractivity contribution in [2.75, 3.05) is 0 Å². The van der Waals surface area contributed by atoms with E-state index >= 15 is 0 Å². The van der Waals surface area contributed by atoms with Gasteiger partial charge in [-0.05, 0) is 5.56 Å². The third kappa shape index (κ3) is 1.95. The highest BCUT2D eigenvalue weighted by atomic mass is 16.3. The lowest BCUT2D eigenvalue weighted by Crippen LogP contribution is -2.05. The molecule has 0 bridgehead atoms. The second-order valence-electron chi connectivity index (χ2n) is 2.95. The van der Waals surface area contributed by atoms with E-state index in [4.69, 9.17) is 0 Å². The number of benzene rings is 1. The lowest BCUT2D eigenvalue weighted by molar-refractivity contribution is 0.140. The molecule has 0 aromatic heterocycles. The maximum absolute atomic E-state index is 9.72. The molecule has 1 nitrogen and oxygen atoms in total. The van der Waals surface area contributed by atoms with Crippen LogP contribution in [0.25, 0.3) is 0 Å². The lowest BCUT2D eigenvalue weighted by Gasteiger charge is -2.14. The number of aliphatic hydroxyl groups excluding tert-OH is 1. The van der Waals surface area contributed by atoms with Gasteiger partial charge in [-0.3, -0.25) is 0 Å². The molecular formula is C11H14O. The molecule has 0 fully saturated rings. The van der Waals surface area contributed by atoms with Gasteiger partial charge in [-0.1, -0.05) is 43.3 Å². The molecular weight excluding hydrogens is 148 g/mol. The summed E-state index contributed by atoms with van der Waals surface area (Å²) in [6, 6.07) is 9.63. The van der Waals surface area contributed by atoms with E-state index in [-0.39, 0.29) is 5.92 Å². The predicted molar refractivity (Wildman–Crippen MR) is 50.8 cm³/mol. The number of aliphatic hydroxyl groups is 1. The Hall–Kier alpha value is -1.08. The van der Waals surface area contributed by atoms with Crippen LogP contribution in [0.3, 0.4) is 0 Å². The summed E-state index contributed by atoms with van der Waals surface area (Å²) in [5, 5.41) is 9.72. The van der Waals surface area contributed by atoms with Crippen LogP contribution < -0.4 is 0 Å². The fourth-order valence-corrected chi connectivity index (χ4v) is 1.08. The smallest absolute Gasteiger partial charge is 0.0849 e. The van der Waals surface area contributed by atoms with Crippen molar-refractivity contribution < 1.29 is 5.11 Å². The van der Waals surface area contributed by atoms with Crippen LogP contribution >= 0.6 is 0 Å². The summed E-state index contributed by atoms with van der Waals surface area (Å²) in [6.45, 7) is 5.60. The normalized spacial score (nSPS) is 15.2. The molecule has 1 N–H and O–H groups in total. The van der Waals surface area contributed by atoms with Gasteiger partial charge in [0.1, 0.15) is 0 Å². The molecule has 1 heteroatoms. The monoisotopic (exact) mass is 162 g/mol. The Morgan fingerprint density at radius 2 is 1.92 bits per heavy atom. The fourth-order valence-electron chi connectivity index (χ4n) is 1.08. The van der Waals surface area contributed by atoms with Crippen LogP contribution in [0.15, 0.2) is 43.0 Å². The average molecular weight is 162 g/mol. The number of rotatable bonds is 3. The maximum atomic E-state index is 9.72. The summed E-state index contributed by atoms with van der Waals surface area (Å²) >= 11 is 0. The Morgan fingerprint density at radius 3 is 2.42 bits per heavy atom. The topological polar surface area (TPSA) is 20.2 Å². The average Bonchev–Trinajstić information content (AvgIpc) is 2.17. The molecule has 0 aliphatic carbocycles. The fraction of sp³-hybridized carbons (Fsp3) is 0.273. The Kier molecular flexibility index (Phi) is 3.06. The van der Waals surface area contributed by atoms with Crippen LogP contribution in [0, 0.1) is 5.92 Å². The summed E-state index contributed by atoms with van der Waals surface area (Å²) in [7, 11) is 0. The minimum Gasteiger partial charge on any atom is -0.388 e. The van der Waals surface area contributed by atoms with Gasteiger partial charge in [0, 0.05) is 5.92 Å². The highest BCUT2D eigenvalue weighted by molar-refractivity contribution is 5.18. The molecule has 0 unspecified atom stereocenters. The summed E-state index contributed by atoms with van der Waals surface area (Å²) in [5.74, 6) is 0.104. The minimum atomic E-state index is -0.427. The Labute approximate surface area is 73.4 Å². The summed E-state index contributed by atoms with van der Waals surface area (Å²) in [5.41, 5.74) is 0.949. The van der Waals surface area contributed by atoms with Crippen molar-refractivity contribution in [2.24, 2.45) is 5.92 Å². The van der Waals surface area contributed by atoms with Crippen LogP contribution in [0.4, 0.5) is 0 Å². The molecule has 1 rings (SSSR count). The molecule has 1 aromatic carbocycles. The molecule has 0 spiro atoms. The zero-order chi connectivity index (χ0) is 8.97. The third-order valence-corrected chi connectivity index (χ3v) is 2.01. The summed E-state index contributed by atoms with van der Waals surface area (Å²) in [6.07, 6.45) is 1.33. The van der Waals surface area contributed by atoms with Gasteiger partial charge in [0.25, 0.3) is 0 Å². The molecule has 0 amide bonds. The quantitative estimate of drug-likeness (QED) is 0.677. The van der Waals surface area contributed by atoms with Crippen molar-refractivity contribution in [3.8, 4) is 0 Å². The van der Waals surface area contributed by atoms with Gasteiger partial charge in [0.05, 0.1) is 6.10 Å². The van der Waals surface area contributed by atoms with Crippen LogP contribution in [0.5, 0.6) is 0 Å². The third-order valence-electron chi connectivity index (χ3n) is 2.01. The largest absolute Gasteiger partial charge is 0.388 e. The van der Waals surface area contributed by atoms with Gasteiger partial charge in [-0.15, -0.1) is 6.58 Å². The molecule has 0 heterocycles. The first-order valence-corrected chi connectivity index (χ1v) is 4.11. The Balaban J connectivity index is 2.78. The van der Waals surface area contributed by atoms with Gasteiger partial charge >= 0.3 is 0 Å². The standard InChI is InChI=1S/C11H14O/c1-3-9(2)11(12)10-7-5-4-6-8-10/h3-9,11-12H,1H2,2H3/t9-,11-/m0/s1. The van der Waals surface area contributed by atoms with E-state index in [0.29, 0.717) is 0 Å². The van der Waals surface area contributed by atoms with Gasteiger partial charge in [0.2, 0.25) is 0 Å². The van der Waals surface area contributed by atoms with E-state index in [9.17, 15) is 5.11 Å². The van der Waals surface area contributed by atoms with Gasteiger partial charge in [-0.25, -0.2) is 0 Å². The van der Waals surface area contributed by atoms with Crippen LogP contribution in [-0.2, 0) is 0 Å². The van der Waals surface area contributed by atoms with E-state index in [1.807, 2.05) is 37.3 Å². The van der Waals surface area contributed by atoms with Crippen molar-refractivity contribution in [2.45, 2.75) is 13.0 Å². The first-order valence-electron chi connectivity index (χ1n) is 4.11. The molecule has 0 saturated carbocycles. The van der Waals surface area contributed by atoms with Crippen molar-refractivity contribution in [1.82, 2.24) is 0 Å². The van der Waals surface area contributed by atoms with Crippen molar-refractivity contribution in [1.29, 1.82) is 0 Å². The second-order valence-corrected chi connectivity index (χ2v) is 2.95. The highest BCUT2D eigenvalue weighted by Gasteiger charge is 2.11. The second kappa shape index (κ2) is 4.07. The van der Waals surface area contributed by atoms with Crippen LogP contribution in [-0.4, -0.2) is 5.11 Å². The zero-order valence-corrected chi connectivity index (χ0v) is 7.27. The molecule has 0 saturated heterocycles. The van der Waals surface area contributed by atoms with Crippen molar-refractivity contribution in [3.63, 3.8) is 0 Å². The van der Waals surface area contributed by atoms with E-state index in [1.165, 1.54) is 0 Å². The maximum Gasteiger partial charge on any atom is 0.0849 e.